The first-order valence-electron chi connectivity index (χ1n) is 5.91. The minimum atomic E-state index is -5.07. The smallest absolute Gasteiger partial charge is 0.724 e. The molecule has 2 atom stereocenters. The Balaban J connectivity index is 0.00000156. The second-order valence-electron chi connectivity index (χ2n) is 4.54. The molecule has 0 aromatic carbocycles. The van der Waals surface area contributed by atoms with E-state index in [1.54, 1.807) is 5.51 Å². The predicted octanol–water partition coefficient (Wildman–Crippen LogP) is -3.20. The van der Waals surface area contributed by atoms with E-state index in [1.807, 2.05) is 0 Å². The fraction of sp³-hybridized carbons (Fsp3) is 0.333. The van der Waals surface area contributed by atoms with E-state index in [9.17, 15) is 17.8 Å². The predicted molar refractivity (Wildman–Crippen MR) is 65.7 cm³/mol. The summed E-state index contributed by atoms with van der Waals surface area (Å²) < 4.78 is 41.8. The van der Waals surface area contributed by atoms with Gasteiger partial charge in [-0.2, -0.15) is 14.3 Å². The zero-order valence-corrected chi connectivity index (χ0v) is 15.2. The van der Waals surface area contributed by atoms with Crippen LogP contribution in [0.25, 0.3) is 0 Å². The van der Waals surface area contributed by atoms with Crippen molar-refractivity contribution in [1.29, 1.82) is 0 Å². The van der Waals surface area contributed by atoms with Crippen LogP contribution in [-0.2, 0) is 14.7 Å². The molecule has 4 rings (SSSR count). The van der Waals surface area contributed by atoms with E-state index < -0.39 is 28.5 Å². The van der Waals surface area contributed by atoms with Crippen LogP contribution in [-0.4, -0.2) is 50.6 Å². The van der Waals surface area contributed by atoms with Crippen molar-refractivity contribution in [2.45, 2.75) is 12.1 Å². The Morgan fingerprint density at radius 1 is 1.43 bits per heavy atom. The molecule has 1 saturated heterocycles. The molecule has 2 aromatic rings. The van der Waals surface area contributed by atoms with Crippen molar-refractivity contribution in [3.05, 3.63) is 28.3 Å². The van der Waals surface area contributed by atoms with Crippen molar-refractivity contribution in [3.8, 4) is 0 Å². The molecule has 2 amide bonds. The number of hydroxylamine groups is 2. The SMILES string of the molecule is O=C1N2C[C@H](c3scnc3[C@H]2c2ncno2)N1OS(=O)(=O)[O-].[Na+]. The van der Waals surface area contributed by atoms with E-state index in [-0.39, 0.29) is 42.0 Å². The van der Waals surface area contributed by atoms with Crippen LogP contribution in [0.5, 0.6) is 0 Å². The van der Waals surface area contributed by atoms with Crippen molar-refractivity contribution < 1.29 is 56.1 Å². The van der Waals surface area contributed by atoms with Crippen LogP contribution < -0.4 is 29.6 Å². The zero-order valence-electron chi connectivity index (χ0n) is 11.5. The normalized spacial score (nSPS) is 22.9. The van der Waals surface area contributed by atoms with Crippen LogP contribution in [0.3, 0.4) is 0 Å². The standard InChI is InChI=1S/C9H7N5O6S2.Na/c15-9-13-1-4(14(9)20-22(16,17)18)7-5(11-3-21-7)6(13)8-10-2-12-19-8;/h2-4,6H,1H2,(H,16,17,18);/q;+1/p-1/t4-,6+;/m1./s1. The third-order valence-corrected chi connectivity index (χ3v) is 4.66. The van der Waals surface area contributed by atoms with Crippen LogP contribution in [0, 0.1) is 0 Å². The molecule has 11 nitrogen and oxygen atoms in total. The topological polar surface area (TPSA) is 142 Å². The second kappa shape index (κ2) is 5.77. The number of fused-ring (bicyclic) bond motifs is 4. The Morgan fingerprint density at radius 3 is 2.87 bits per heavy atom. The van der Waals surface area contributed by atoms with Crippen molar-refractivity contribution in [2.24, 2.45) is 0 Å². The first-order chi connectivity index (χ1) is 10.5. The second-order valence-corrected chi connectivity index (χ2v) is 6.40. The molecule has 0 unspecified atom stereocenters. The minimum Gasteiger partial charge on any atom is -0.724 e. The number of urea groups is 1. The van der Waals surface area contributed by atoms with Crippen LogP contribution in [0.2, 0.25) is 0 Å². The third-order valence-electron chi connectivity index (χ3n) is 3.37. The number of aromatic nitrogens is 3. The average molecular weight is 367 g/mol. The first-order valence-corrected chi connectivity index (χ1v) is 8.12. The summed E-state index contributed by atoms with van der Waals surface area (Å²) in [6.45, 7) is 0.122. The number of amides is 2. The van der Waals surface area contributed by atoms with Crippen molar-refractivity contribution in [2.75, 3.05) is 6.54 Å². The number of carbonyl (C=O) groups is 1. The number of carbonyl (C=O) groups excluding carboxylic acids is 1. The molecular weight excluding hydrogens is 361 g/mol. The molecule has 14 heteroatoms. The summed E-state index contributed by atoms with van der Waals surface area (Å²) in [4.78, 5) is 22.3. The van der Waals surface area contributed by atoms with Gasteiger partial charge in [0.15, 0.2) is 12.4 Å². The number of thiazole rings is 1. The molecule has 116 valence electrons. The summed E-state index contributed by atoms with van der Waals surface area (Å²) in [6, 6.07) is -2.24. The Morgan fingerprint density at radius 2 is 2.22 bits per heavy atom. The summed E-state index contributed by atoms with van der Waals surface area (Å²) in [5.74, 6) is 0.144. The molecule has 2 aliphatic heterocycles. The molecule has 2 bridgehead atoms. The van der Waals surface area contributed by atoms with E-state index in [0.717, 1.165) is 0 Å². The van der Waals surface area contributed by atoms with E-state index >= 15 is 0 Å². The van der Waals surface area contributed by atoms with Gasteiger partial charge in [0.1, 0.15) is 6.04 Å². The molecule has 0 spiro atoms. The van der Waals surface area contributed by atoms with Gasteiger partial charge in [-0.15, -0.1) is 11.3 Å². The number of hydrogen-bond acceptors (Lipinski definition) is 10. The summed E-state index contributed by atoms with van der Waals surface area (Å²) in [6.07, 6.45) is 1.18. The van der Waals surface area contributed by atoms with Gasteiger partial charge in [-0.05, 0) is 0 Å². The fourth-order valence-electron chi connectivity index (χ4n) is 2.60. The minimum absolute atomic E-state index is 0. The summed E-state index contributed by atoms with van der Waals surface area (Å²) in [5, 5.41) is 4.05. The molecule has 23 heavy (non-hydrogen) atoms. The molecule has 0 radical (unpaired) electrons. The van der Waals surface area contributed by atoms with Gasteiger partial charge in [-0.1, -0.05) is 5.16 Å². The Bertz CT molecular complexity index is 838. The van der Waals surface area contributed by atoms with Gasteiger partial charge in [-0.3, -0.25) is 0 Å². The molecule has 1 fully saturated rings. The summed E-state index contributed by atoms with van der Waals surface area (Å²) in [7, 11) is -5.07. The summed E-state index contributed by atoms with van der Waals surface area (Å²) in [5.41, 5.74) is 2.04. The van der Waals surface area contributed by atoms with Gasteiger partial charge in [0.05, 0.1) is 22.6 Å². The van der Waals surface area contributed by atoms with E-state index in [4.69, 9.17) is 4.52 Å². The number of hydrogen-bond donors (Lipinski definition) is 0. The number of nitrogens with zero attached hydrogens (tertiary/aromatic N) is 5. The van der Waals surface area contributed by atoms with Gasteiger partial charge in [-0.25, -0.2) is 18.2 Å². The van der Waals surface area contributed by atoms with Crippen molar-refractivity contribution >= 4 is 27.8 Å². The van der Waals surface area contributed by atoms with Gasteiger partial charge in [0.2, 0.25) is 10.4 Å². The van der Waals surface area contributed by atoms with Crippen LogP contribution in [0.15, 0.2) is 16.4 Å². The summed E-state index contributed by atoms with van der Waals surface area (Å²) >= 11 is 1.22. The molecule has 0 aliphatic carbocycles. The Hall–Kier alpha value is -1.09. The monoisotopic (exact) mass is 367 g/mol. The van der Waals surface area contributed by atoms with Gasteiger partial charge >= 0.3 is 35.6 Å². The Labute approximate surface area is 155 Å². The molecule has 4 heterocycles. The fourth-order valence-corrected chi connectivity index (χ4v) is 3.86. The average Bonchev–Trinajstić information content (AvgIpc) is 3.15. The molecular formula is C9H6N5NaO6S2. The first kappa shape index (κ1) is 16.8. The van der Waals surface area contributed by atoms with Gasteiger partial charge < -0.3 is 14.0 Å². The van der Waals surface area contributed by atoms with Crippen LogP contribution in [0.4, 0.5) is 4.79 Å². The quantitative estimate of drug-likeness (QED) is 0.311. The maximum absolute atomic E-state index is 12.3. The molecule has 0 N–H and O–H groups in total. The maximum atomic E-state index is 12.3. The third kappa shape index (κ3) is 2.67. The van der Waals surface area contributed by atoms with E-state index in [0.29, 0.717) is 15.6 Å². The van der Waals surface area contributed by atoms with Crippen LogP contribution in [0.1, 0.15) is 28.5 Å². The van der Waals surface area contributed by atoms with Gasteiger partial charge in [0, 0.05) is 0 Å². The zero-order chi connectivity index (χ0) is 15.5. The number of rotatable bonds is 3. The van der Waals surface area contributed by atoms with Gasteiger partial charge in [0.25, 0.3) is 5.89 Å². The van der Waals surface area contributed by atoms with Crippen molar-refractivity contribution in [3.63, 3.8) is 0 Å². The van der Waals surface area contributed by atoms with Crippen LogP contribution >= 0.6 is 11.3 Å². The largest absolute Gasteiger partial charge is 1.00 e. The molecule has 2 aromatic heterocycles. The maximum Gasteiger partial charge on any atom is 1.00 e. The van der Waals surface area contributed by atoms with E-state index in [1.165, 1.54) is 22.6 Å². The molecule has 0 saturated carbocycles. The van der Waals surface area contributed by atoms with Crippen molar-refractivity contribution in [1.82, 2.24) is 25.1 Å². The van der Waals surface area contributed by atoms with E-state index in [2.05, 4.69) is 19.4 Å². The Kier molecular flexibility index (Phi) is 4.20. The molecule has 2 aliphatic rings.